The standard InChI is InChI=1S/C24H27N3O4/c1-2-30-21-15-16(10-11-20(21)31-17-7-4-3-5-8-17)18(12-13-25)23-24(28)22-19(27(23)29)9-6-14-26-22/h6,9-11,14-15,17-18,23,27H,2-5,7-8,12H2,1H3. The number of ether oxygens (including phenoxy) is 2. The van der Waals surface area contributed by atoms with E-state index < -0.39 is 12.0 Å². The monoisotopic (exact) mass is 421 g/mol. The molecule has 7 heteroatoms. The molecule has 2 heterocycles. The fraction of sp³-hybridized carbons (Fsp3) is 0.458. The maximum atomic E-state index is 13.0. The number of Topliss-reactive ketones (excluding diaryl/α,β-unsaturated/α-hetero) is 1. The van der Waals surface area contributed by atoms with Crippen LogP contribution in [0.1, 0.15) is 67.4 Å². The molecule has 1 aromatic heterocycles. The van der Waals surface area contributed by atoms with E-state index in [0.717, 1.165) is 31.2 Å². The maximum absolute atomic E-state index is 13.0. The number of hydrogen-bond donors (Lipinski definition) is 1. The van der Waals surface area contributed by atoms with Gasteiger partial charge in [0.15, 0.2) is 28.9 Å². The van der Waals surface area contributed by atoms with Crippen LogP contribution in [0.4, 0.5) is 5.69 Å². The van der Waals surface area contributed by atoms with Crippen LogP contribution in [-0.4, -0.2) is 29.5 Å². The Morgan fingerprint density at radius 1 is 1.26 bits per heavy atom. The number of nitrogens with zero attached hydrogens (tertiary/aromatic N) is 2. The fourth-order valence-corrected chi connectivity index (χ4v) is 4.61. The smallest absolute Gasteiger partial charge is 0.245 e. The molecule has 31 heavy (non-hydrogen) atoms. The molecule has 1 fully saturated rings. The minimum atomic E-state index is -0.941. The number of carbonyl (C=O) groups excluding carboxylic acids is 1. The highest BCUT2D eigenvalue weighted by Gasteiger charge is 2.45. The molecule has 2 aromatic rings. The fourth-order valence-electron chi connectivity index (χ4n) is 4.61. The number of aromatic nitrogens is 1. The van der Waals surface area contributed by atoms with Crippen molar-refractivity contribution >= 4 is 11.5 Å². The number of pyridine rings is 1. The van der Waals surface area contributed by atoms with Gasteiger partial charge in [0.2, 0.25) is 5.78 Å². The van der Waals surface area contributed by atoms with Crippen LogP contribution in [0.5, 0.6) is 11.5 Å². The third-order valence-corrected chi connectivity index (χ3v) is 6.13. The van der Waals surface area contributed by atoms with E-state index in [-0.39, 0.29) is 29.1 Å². The van der Waals surface area contributed by atoms with Crippen molar-refractivity contribution in [1.29, 1.82) is 5.26 Å². The summed E-state index contributed by atoms with van der Waals surface area (Å²) in [5, 5.41) is 22.2. The maximum Gasteiger partial charge on any atom is 0.245 e. The Morgan fingerprint density at radius 2 is 2.06 bits per heavy atom. The van der Waals surface area contributed by atoms with Gasteiger partial charge in [-0.2, -0.15) is 5.26 Å². The van der Waals surface area contributed by atoms with Crippen LogP contribution >= 0.6 is 0 Å². The Kier molecular flexibility index (Phi) is 6.50. The highest BCUT2D eigenvalue weighted by Crippen LogP contribution is 2.37. The van der Waals surface area contributed by atoms with E-state index in [4.69, 9.17) is 9.47 Å². The van der Waals surface area contributed by atoms with Crippen molar-refractivity contribution in [3.63, 3.8) is 0 Å². The van der Waals surface area contributed by atoms with E-state index in [0.29, 0.717) is 23.8 Å². The van der Waals surface area contributed by atoms with Gasteiger partial charge in [-0.05, 0) is 56.4 Å². The third kappa shape index (κ3) is 4.27. The van der Waals surface area contributed by atoms with Crippen LogP contribution < -0.4 is 14.5 Å². The van der Waals surface area contributed by atoms with E-state index >= 15 is 0 Å². The van der Waals surface area contributed by atoms with Crippen molar-refractivity contribution in [2.45, 2.75) is 63.5 Å². The molecule has 1 saturated carbocycles. The number of quaternary nitrogens is 1. The molecule has 1 aliphatic carbocycles. The van der Waals surface area contributed by atoms with Crippen LogP contribution in [0.25, 0.3) is 0 Å². The van der Waals surface area contributed by atoms with Gasteiger partial charge in [0, 0.05) is 18.7 Å². The Balaban J connectivity index is 1.65. The molecule has 1 N–H and O–H groups in total. The molecule has 3 atom stereocenters. The molecule has 0 amide bonds. The Hall–Kier alpha value is -2.95. The van der Waals surface area contributed by atoms with Gasteiger partial charge in [0.05, 0.1) is 24.7 Å². The molecule has 162 valence electrons. The first-order valence-corrected chi connectivity index (χ1v) is 11.0. The summed E-state index contributed by atoms with van der Waals surface area (Å²) in [5.41, 5.74) is 1.26. The van der Waals surface area contributed by atoms with Crippen molar-refractivity contribution in [2.24, 2.45) is 0 Å². The topological polar surface area (TPSA) is 99.7 Å². The number of hydrogen-bond acceptors (Lipinski definition) is 6. The Morgan fingerprint density at radius 3 is 2.77 bits per heavy atom. The second-order valence-corrected chi connectivity index (χ2v) is 8.09. The molecule has 0 spiro atoms. The Labute approximate surface area is 182 Å². The lowest BCUT2D eigenvalue weighted by Crippen LogP contribution is -3.06. The second kappa shape index (κ2) is 9.46. The summed E-state index contributed by atoms with van der Waals surface area (Å²) in [4.78, 5) is 17.1. The average molecular weight is 421 g/mol. The van der Waals surface area contributed by atoms with Gasteiger partial charge in [0.1, 0.15) is 0 Å². The largest absolute Gasteiger partial charge is 0.628 e. The summed E-state index contributed by atoms with van der Waals surface area (Å²) in [6.45, 7) is 2.36. The molecular weight excluding hydrogens is 394 g/mol. The van der Waals surface area contributed by atoms with Gasteiger partial charge in [-0.1, -0.05) is 12.5 Å². The van der Waals surface area contributed by atoms with Crippen molar-refractivity contribution in [3.05, 3.63) is 53.0 Å². The summed E-state index contributed by atoms with van der Waals surface area (Å²) in [6, 6.07) is 9.99. The number of nitrogens with one attached hydrogen (secondary N) is 1. The van der Waals surface area contributed by atoms with Crippen molar-refractivity contribution in [2.75, 3.05) is 6.61 Å². The first kappa shape index (κ1) is 21.3. The molecule has 0 saturated heterocycles. The number of ketones is 1. The zero-order valence-electron chi connectivity index (χ0n) is 17.7. The average Bonchev–Trinajstić information content (AvgIpc) is 3.05. The predicted molar refractivity (Wildman–Crippen MR) is 114 cm³/mol. The van der Waals surface area contributed by atoms with Gasteiger partial charge in [0.25, 0.3) is 0 Å². The zero-order chi connectivity index (χ0) is 21.8. The van der Waals surface area contributed by atoms with E-state index in [1.165, 1.54) is 12.6 Å². The number of fused-ring (bicyclic) bond motifs is 1. The van der Waals surface area contributed by atoms with E-state index in [2.05, 4.69) is 11.1 Å². The lowest BCUT2D eigenvalue weighted by Gasteiger charge is -2.29. The highest BCUT2D eigenvalue weighted by atomic mass is 16.5. The lowest BCUT2D eigenvalue weighted by atomic mass is 9.87. The van der Waals surface area contributed by atoms with Crippen molar-refractivity contribution in [3.8, 4) is 17.6 Å². The van der Waals surface area contributed by atoms with E-state index in [1.54, 1.807) is 12.1 Å². The zero-order valence-corrected chi connectivity index (χ0v) is 17.7. The van der Waals surface area contributed by atoms with E-state index in [1.807, 2.05) is 25.1 Å². The summed E-state index contributed by atoms with van der Waals surface area (Å²) < 4.78 is 12.1. The van der Waals surface area contributed by atoms with Crippen LogP contribution in [0.2, 0.25) is 0 Å². The van der Waals surface area contributed by atoms with Crippen LogP contribution in [0, 0.1) is 16.5 Å². The van der Waals surface area contributed by atoms with E-state index in [9.17, 15) is 15.3 Å². The van der Waals surface area contributed by atoms with Gasteiger partial charge in [-0.3, -0.25) is 4.79 Å². The normalized spacial score (nSPS) is 21.9. The predicted octanol–water partition coefficient (Wildman–Crippen LogP) is 3.47. The van der Waals surface area contributed by atoms with Crippen molar-refractivity contribution < 1.29 is 19.3 Å². The second-order valence-electron chi connectivity index (χ2n) is 8.09. The van der Waals surface area contributed by atoms with Gasteiger partial charge < -0.3 is 19.7 Å². The summed E-state index contributed by atoms with van der Waals surface area (Å²) >= 11 is 0. The molecule has 7 nitrogen and oxygen atoms in total. The molecule has 1 aliphatic heterocycles. The number of rotatable bonds is 7. The minimum absolute atomic E-state index is 0.0462. The molecule has 2 aliphatic rings. The summed E-state index contributed by atoms with van der Waals surface area (Å²) in [7, 11) is 0. The molecule has 1 aromatic carbocycles. The SMILES string of the molecule is CCOc1cc(C(CC#N)C2C(=O)c3ncccc3[NH+]2[O-])ccc1OC1CCCCC1. The third-order valence-electron chi connectivity index (χ3n) is 6.13. The number of hydroxylamine groups is 1. The highest BCUT2D eigenvalue weighted by molar-refractivity contribution is 6.03. The van der Waals surface area contributed by atoms with Crippen LogP contribution in [-0.2, 0) is 0 Å². The lowest BCUT2D eigenvalue weighted by molar-refractivity contribution is -0.792. The Bertz CT molecular complexity index is 981. The van der Waals surface area contributed by atoms with Crippen molar-refractivity contribution in [1.82, 2.24) is 4.98 Å². The van der Waals surface area contributed by atoms with Crippen LogP contribution in [0.15, 0.2) is 36.5 Å². The first-order valence-electron chi connectivity index (χ1n) is 11.0. The van der Waals surface area contributed by atoms with Gasteiger partial charge in [-0.15, -0.1) is 0 Å². The van der Waals surface area contributed by atoms with Crippen LogP contribution in [0.3, 0.4) is 0 Å². The molecular formula is C24H27N3O4. The molecule has 0 radical (unpaired) electrons. The van der Waals surface area contributed by atoms with Gasteiger partial charge in [-0.25, -0.2) is 4.98 Å². The summed E-state index contributed by atoms with van der Waals surface area (Å²) in [5.74, 6) is 0.368. The number of carbonyl (C=O) groups is 1. The first-order chi connectivity index (χ1) is 15.1. The van der Waals surface area contributed by atoms with Gasteiger partial charge >= 0.3 is 0 Å². The molecule has 0 bridgehead atoms. The molecule has 4 rings (SSSR count). The summed E-state index contributed by atoms with van der Waals surface area (Å²) in [6.07, 6.45) is 7.36. The number of benzene rings is 1. The number of nitriles is 1. The quantitative estimate of drug-likeness (QED) is 0.687. The minimum Gasteiger partial charge on any atom is -0.628 e. The molecule has 3 unspecified atom stereocenters.